The standard InChI is InChI=1S/C21H19N5O2/c1-13(27)28-15-5-3-14(4-6-15)19-18-10-26(2)8-7-16(18)17(9-22)20(25)21(19,11-23)12-24/h3-7,18-19H,8,10,25H2,1-2H3/t18-,19-/m1/s1. The van der Waals surface area contributed by atoms with Crippen molar-refractivity contribution in [3.8, 4) is 24.0 Å². The van der Waals surface area contributed by atoms with Gasteiger partial charge in [0.05, 0.1) is 23.4 Å². The number of ether oxygens (including phenoxy) is 1. The minimum atomic E-state index is -1.66. The SMILES string of the molecule is CC(=O)Oc1ccc([C@@H]2[C@@H]3CN(C)CC=C3C(C#N)=C(N)C2(C#N)C#N)cc1. The molecule has 2 aliphatic rings. The average molecular weight is 373 g/mol. The molecule has 0 aromatic heterocycles. The first-order valence-electron chi connectivity index (χ1n) is 8.78. The first-order valence-corrected chi connectivity index (χ1v) is 8.78. The molecular formula is C21H19N5O2. The highest BCUT2D eigenvalue weighted by molar-refractivity contribution is 5.69. The Morgan fingerprint density at radius 3 is 2.43 bits per heavy atom. The van der Waals surface area contributed by atoms with Crippen molar-refractivity contribution in [2.24, 2.45) is 17.1 Å². The van der Waals surface area contributed by atoms with Crippen LogP contribution in [0.3, 0.4) is 0 Å². The lowest BCUT2D eigenvalue weighted by atomic mass is 9.58. The molecule has 0 fully saturated rings. The Labute approximate surface area is 163 Å². The molecular weight excluding hydrogens is 354 g/mol. The molecule has 0 spiro atoms. The summed E-state index contributed by atoms with van der Waals surface area (Å²) in [6.45, 7) is 2.57. The highest BCUT2D eigenvalue weighted by Crippen LogP contribution is 2.54. The van der Waals surface area contributed by atoms with E-state index in [4.69, 9.17) is 10.5 Å². The smallest absolute Gasteiger partial charge is 0.308 e. The third kappa shape index (κ3) is 2.91. The predicted octanol–water partition coefficient (Wildman–Crippen LogP) is 1.97. The lowest BCUT2D eigenvalue weighted by Crippen LogP contribution is -2.47. The minimum Gasteiger partial charge on any atom is -0.427 e. The van der Waals surface area contributed by atoms with Crippen molar-refractivity contribution in [1.29, 1.82) is 15.8 Å². The Bertz CT molecular complexity index is 987. The van der Waals surface area contributed by atoms with Crippen LogP contribution in [0.5, 0.6) is 5.75 Å². The van der Waals surface area contributed by atoms with Crippen molar-refractivity contribution in [3.63, 3.8) is 0 Å². The predicted molar refractivity (Wildman–Crippen MR) is 100 cm³/mol. The monoisotopic (exact) mass is 373 g/mol. The zero-order chi connectivity index (χ0) is 20.5. The quantitative estimate of drug-likeness (QED) is 0.620. The molecule has 0 amide bonds. The lowest BCUT2D eigenvalue weighted by molar-refractivity contribution is -0.131. The number of carbonyl (C=O) groups excluding carboxylic acids is 1. The maximum Gasteiger partial charge on any atom is 0.308 e. The van der Waals surface area contributed by atoms with Gasteiger partial charge in [-0.15, -0.1) is 0 Å². The van der Waals surface area contributed by atoms with Crippen LogP contribution in [0.2, 0.25) is 0 Å². The molecule has 7 nitrogen and oxygen atoms in total. The molecule has 1 aliphatic carbocycles. The molecule has 0 unspecified atom stereocenters. The van der Waals surface area contributed by atoms with Crippen LogP contribution in [0.1, 0.15) is 18.4 Å². The second-order valence-electron chi connectivity index (χ2n) is 7.06. The number of rotatable bonds is 2. The largest absolute Gasteiger partial charge is 0.427 e. The van der Waals surface area contributed by atoms with E-state index in [-0.39, 0.29) is 17.2 Å². The van der Waals surface area contributed by atoms with Crippen LogP contribution in [-0.4, -0.2) is 31.0 Å². The number of hydrogen-bond donors (Lipinski definition) is 1. The van der Waals surface area contributed by atoms with E-state index in [9.17, 15) is 20.6 Å². The number of allylic oxidation sites excluding steroid dienone is 2. The van der Waals surface area contributed by atoms with Gasteiger partial charge in [0.1, 0.15) is 11.8 Å². The third-order valence-corrected chi connectivity index (χ3v) is 5.35. The highest BCUT2D eigenvalue weighted by Gasteiger charge is 2.54. The molecule has 0 radical (unpaired) electrons. The Morgan fingerprint density at radius 2 is 1.89 bits per heavy atom. The van der Waals surface area contributed by atoms with Gasteiger partial charge in [0.25, 0.3) is 0 Å². The van der Waals surface area contributed by atoms with Gasteiger partial charge in [0.15, 0.2) is 5.41 Å². The Kier molecular flexibility index (Phi) is 4.92. The first-order chi connectivity index (χ1) is 13.4. The minimum absolute atomic E-state index is 0.00103. The molecule has 1 aromatic rings. The van der Waals surface area contributed by atoms with Crippen LogP contribution >= 0.6 is 0 Å². The van der Waals surface area contributed by atoms with E-state index in [1.165, 1.54) is 6.92 Å². The van der Waals surface area contributed by atoms with E-state index < -0.39 is 17.3 Å². The molecule has 1 aliphatic heterocycles. The fourth-order valence-corrected chi connectivity index (χ4v) is 4.11. The number of carbonyl (C=O) groups is 1. The maximum absolute atomic E-state index is 11.2. The lowest BCUT2D eigenvalue weighted by Gasteiger charge is -2.45. The molecule has 2 N–H and O–H groups in total. The second-order valence-corrected chi connectivity index (χ2v) is 7.06. The number of esters is 1. The van der Waals surface area contributed by atoms with Crippen LogP contribution in [0.4, 0.5) is 0 Å². The molecule has 3 rings (SSSR count). The van der Waals surface area contributed by atoms with Crippen molar-refractivity contribution in [2.45, 2.75) is 12.8 Å². The van der Waals surface area contributed by atoms with Crippen LogP contribution < -0.4 is 10.5 Å². The van der Waals surface area contributed by atoms with E-state index >= 15 is 0 Å². The Morgan fingerprint density at radius 1 is 1.25 bits per heavy atom. The molecule has 1 heterocycles. The number of nitrogens with zero attached hydrogens (tertiary/aromatic N) is 4. The normalized spacial score (nSPS) is 23.5. The number of nitrogens with two attached hydrogens (primary N) is 1. The van der Waals surface area contributed by atoms with Crippen molar-refractivity contribution >= 4 is 5.97 Å². The average Bonchev–Trinajstić information content (AvgIpc) is 2.68. The molecule has 7 heteroatoms. The van der Waals surface area contributed by atoms with E-state index in [0.717, 1.165) is 11.1 Å². The van der Waals surface area contributed by atoms with Crippen LogP contribution in [0.15, 0.2) is 47.2 Å². The van der Waals surface area contributed by atoms with E-state index in [0.29, 0.717) is 18.8 Å². The van der Waals surface area contributed by atoms with E-state index in [1.807, 2.05) is 13.1 Å². The molecule has 0 saturated carbocycles. The summed E-state index contributed by atoms with van der Waals surface area (Å²) in [5, 5.41) is 29.6. The Hall–Kier alpha value is -3.60. The number of likely N-dealkylation sites (N-methyl/N-ethyl adjacent to an activating group) is 1. The van der Waals surface area contributed by atoms with E-state index in [1.54, 1.807) is 24.3 Å². The van der Waals surface area contributed by atoms with Gasteiger partial charge < -0.3 is 15.4 Å². The summed E-state index contributed by atoms with van der Waals surface area (Å²) >= 11 is 0. The van der Waals surface area contributed by atoms with Crippen molar-refractivity contribution < 1.29 is 9.53 Å². The molecule has 28 heavy (non-hydrogen) atoms. The van der Waals surface area contributed by atoms with Crippen LogP contribution in [-0.2, 0) is 4.79 Å². The number of hydrogen-bond acceptors (Lipinski definition) is 7. The van der Waals surface area contributed by atoms with Crippen molar-refractivity contribution in [1.82, 2.24) is 4.90 Å². The Balaban J connectivity index is 2.21. The summed E-state index contributed by atoms with van der Waals surface area (Å²) in [7, 11) is 1.95. The van der Waals surface area contributed by atoms with Gasteiger partial charge in [-0.3, -0.25) is 4.79 Å². The van der Waals surface area contributed by atoms with Gasteiger partial charge in [-0.2, -0.15) is 15.8 Å². The van der Waals surface area contributed by atoms with Gasteiger partial charge in [-0.25, -0.2) is 0 Å². The van der Waals surface area contributed by atoms with Crippen molar-refractivity contribution in [2.75, 3.05) is 20.1 Å². The van der Waals surface area contributed by atoms with Gasteiger partial charge in [0, 0.05) is 31.8 Å². The molecule has 1 aromatic carbocycles. The summed E-state index contributed by atoms with van der Waals surface area (Å²) in [6.07, 6.45) is 1.94. The summed E-state index contributed by atoms with van der Waals surface area (Å²) in [4.78, 5) is 13.2. The summed E-state index contributed by atoms with van der Waals surface area (Å²) in [5.41, 5.74) is 6.33. The zero-order valence-corrected chi connectivity index (χ0v) is 15.6. The van der Waals surface area contributed by atoms with Gasteiger partial charge >= 0.3 is 5.97 Å². The maximum atomic E-state index is 11.2. The highest BCUT2D eigenvalue weighted by atomic mass is 16.5. The number of fused-ring (bicyclic) bond motifs is 1. The fourth-order valence-electron chi connectivity index (χ4n) is 4.11. The summed E-state index contributed by atoms with van der Waals surface area (Å²) in [5.74, 6) is -0.845. The molecule has 0 bridgehead atoms. The first kappa shape index (κ1) is 19.2. The third-order valence-electron chi connectivity index (χ3n) is 5.35. The fraction of sp³-hybridized carbons (Fsp3) is 0.333. The summed E-state index contributed by atoms with van der Waals surface area (Å²) in [6, 6.07) is 13.0. The van der Waals surface area contributed by atoms with E-state index in [2.05, 4.69) is 23.1 Å². The van der Waals surface area contributed by atoms with Gasteiger partial charge in [-0.05, 0) is 30.3 Å². The number of nitriles is 3. The van der Waals surface area contributed by atoms with Gasteiger partial charge in [0.2, 0.25) is 0 Å². The molecule has 140 valence electrons. The summed E-state index contributed by atoms with van der Waals surface area (Å²) < 4.78 is 5.07. The second kappa shape index (κ2) is 7.19. The molecule has 0 saturated heterocycles. The van der Waals surface area contributed by atoms with Crippen molar-refractivity contribution in [3.05, 3.63) is 52.7 Å². The number of benzene rings is 1. The molecule has 2 atom stereocenters. The zero-order valence-electron chi connectivity index (χ0n) is 15.6. The van der Waals surface area contributed by atoms with Crippen LogP contribution in [0, 0.1) is 45.3 Å². The van der Waals surface area contributed by atoms with Gasteiger partial charge in [-0.1, -0.05) is 18.2 Å². The van der Waals surface area contributed by atoms with Crippen LogP contribution in [0.25, 0.3) is 0 Å². The topological polar surface area (TPSA) is 127 Å².